The number of piperidine rings is 1. The average Bonchev–Trinajstić information content (AvgIpc) is 3.03. The highest BCUT2D eigenvalue weighted by atomic mass is 16.6. The summed E-state index contributed by atoms with van der Waals surface area (Å²) in [6.45, 7) is 2.04. The molecule has 0 N–H and O–H groups in total. The van der Waals surface area contributed by atoms with Crippen molar-refractivity contribution >= 4 is 16.8 Å². The van der Waals surface area contributed by atoms with Gasteiger partial charge in [-0.25, -0.2) is 0 Å². The van der Waals surface area contributed by atoms with E-state index in [2.05, 4.69) is 4.98 Å². The van der Waals surface area contributed by atoms with E-state index in [9.17, 15) is 4.79 Å². The minimum Gasteiger partial charge on any atom is -0.379 e. The molecule has 2 fully saturated rings. The Hall–Kier alpha value is -1.98. The van der Waals surface area contributed by atoms with Gasteiger partial charge >= 0.3 is 0 Å². The Morgan fingerprint density at radius 2 is 2.25 bits per heavy atom. The molecule has 1 spiro atoms. The highest BCUT2D eigenvalue weighted by Gasteiger charge is 2.44. The molecule has 0 radical (unpaired) electrons. The molecular formula is C19H22N2O3. The van der Waals surface area contributed by atoms with Crippen molar-refractivity contribution in [1.82, 2.24) is 9.88 Å². The van der Waals surface area contributed by atoms with E-state index in [0.29, 0.717) is 13.2 Å². The molecule has 2 saturated heterocycles. The molecule has 126 valence electrons. The van der Waals surface area contributed by atoms with Crippen LogP contribution in [0.3, 0.4) is 0 Å². The third-order valence-corrected chi connectivity index (χ3v) is 5.21. The maximum Gasteiger partial charge on any atom is 0.254 e. The largest absolute Gasteiger partial charge is 0.379 e. The van der Waals surface area contributed by atoms with Gasteiger partial charge in [0.15, 0.2) is 0 Å². The van der Waals surface area contributed by atoms with Crippen molar-refractivity contribution in [3.63, 3.8) is 0 Å². The Bertz CT molecular complexity index is 758. The van der Waals surface area contributed by atoms with Crippen molar-refractivity contribution < 1.29 is 14.3 Å². The van der Waals surface area contributed by atoms with Crippen LogP contribution in [0.2, 0.25) is 0 Å². The molecule has 5 heteroatoms. The number of para-hydroxylation sites is 1. The Balaban J connectivity index is 1.60. The number of amides is 1. The van der Waals surface area contributed by atoms with Crippen molar-refractivity contribution in [1.29, 1.82) is 0 Å². The lowest BCUT2D eigenvalue weighted by Crippen LogP contribution is -2.50. The predicted octanol–water partition coefficient (Wildman–Crippen LogP) is 2.64. The van der Waals surface area contributed by atoms with Crippen molar-refractivity contribution in [3.05, 3.63) is 42.1 Å². The fraction of sp³-hybridized carbons (Fsp3) is 0.474. The van der Waals surface area contributed by atoms with Crippen LogP contribution >= 0.6 is 0 Å². The molecule has 2 atom stereocenters. The number of ether oxygens (including phenoxy) is 2. The minimum atomic E-state index is -0.239. The summed E-state index contributed by atoms with van der Waals surface area (Å²) in [5.41, 5.74) is 1.34. The number of carbonyl (C=O) groups excluding carboxylic acids is 1. The quantitative estimate of drug-likeness (QED) is 0.851. The molecule has 0 unspecified atom stereocenters. The molecule has 3 heterocycles. The number of aromatic nitrogens is 1. The lowest BCUT2D eigenvalue weighted by atomic mass is 9.89. The van der Waals surface area contributed by atoms with Crippen LogP contribution in [-0.2, 0) is 9.47 Å². The summed E-state index contributed by atoms with van der Waals surface area (Å²) in [5, 5.41) is 0.909. The zero-order valence-corrected chi connectivity index (χ0v) is 13.9. The number of pyridine rings is 1. The molecule has 2 aromatic rings. The monoisotopic (exact) mass is 326 g/mol. The van der Waals surface area contributed by atoms with E-state index in [4.69, 9.17) is 9.47 Å². The van der Waals surface area contributed by atoms with Gasteiger partial charge in [-0.2, -0.15) is 0 Å². The third-order valence-electron chi connectivity index (χ3n) is 5.21. The predicted molar refractivity (Wildman–Crippen MR) is 91.0 cm³/mol. The van der Waals surface area contributed by atoms with Crippen LogP contribution in [0, 0.1) is 0 Å². The number of fused-ring (bicyclic) bond motifs is 1. The number of likely N-dealkylation sites (tertiary alicyclic amines) is 1. The SMILES string of the molecule is CO[C@@H]1CO[C@@]2(CCCN(C(=O)c3ccnc4ccccc34)C2)C1. The van der Waals surface area contributed by atoms with Gasteiger partial charge in [-0.15, -0.1) is 0 Å². The van der Waals surface area contributed by atoms with Crippen molar-refractivity contribution in [2.75, 3.05) is 26.8 Å². The van der Waals surface area contributed by atoms with Gasteiger partial charge in [0.1, 0.15) is 0 Å². The van der Waals surface area contributed by atoms with Crippen molar-refractivity contribution in [3.8, 4) is 0 Å². The van der Waals surface area contributed by atoms with Gasteiger partial charge < -0.3 is 14.4 Å². The molecule has 1 amide bonds. The summed E-state index contributed by atoms with van der Waals surface area (Å²) in [7, 11) is 1.72. The summed E-state index contributed by atoms with van der Waals surface area (Å²) in [5.74, 6) is 0.0668. The van der Waals surface area contributed by atoms with E-state index in [1.54, 1.807) is 13.3 Å². The average molecular weight is 326 g/mol. The fourth-order valence-electron chi connectivity index (χ4n) is 3.96. The second kappa shape index (κ2) is 6.15. The number of hydrogen-bond acceptors (Lipinski definition) is 4. The molecule has 2 aliphatic heterocycles. The summed E-state index contributed by atoms with van der Waals surface area (Å²) in [6.07, 6.45) is 4.67. The van der Waals surface area contributed by atoms with E-state index in [0.717, 1.165) is 42.3 Å². The number of nitrogens with zero attached hydrogens (tertiary/aromatic N) is 2. The first-order chi connectivity index (χ1) is 11.7. The minimum absolute atomic E-state index is 0.0668. The number of methoxy groups -OCH3 is 1. The topological polar surface area (TPSA) is 51.7 Å². The molecule has 2 aliphatic rings. The Labute approximate surface area is 141 Å². The Morgan fingerprint density at radius 3 is 3.08 bits per heavy atom. The molecule has 4 rings (SSSR count). The molecule has 24 heavy (non-hydrogen) atoms. The van der Waals surface area contributed by atoms with Crippen LogP contribution in [-0.4, -0.2) is 54.3 Å². The van der Waals surface area contributed by atoms with E-state index in [1.165, 1.54) is 0 Å². The summed E-state index contributed by atoms with van der Waals surface area (Å²) >= 11 is 0. The second-order valence-corrected chi connectivity index (χ2v) is 6.76. The number of benzene rings is 1. The van der Waals surface area contributed by atoms with Crippen LogP contribution in [0.5, 0.6) is 0 Å². The third kappa shape index (κ3) is 2.68. The molecule has 5 nitrogen and oxygen atoms in total. The van der Waals surface area contributed by atoms with Crippen LogP contribution in [0.4, 0.5) is 0 Å². The molecular weight excluding hydrogens is 304 g/mol. The standard InChI is InChI=1S/C19H22N2O3/c1-23-14-11-19(24-12-14)8-4-10-21(13-19)18(22)16-7-9-20-17-6-3-2-5-15(16)17/h2-3,5-7,9,14H,4,8,10-13H2,1H3/t14-,19-/m0/s1. The number of hydrogen-bond donors (Lipinski definition) is 0. The maximum absolute atomic E-state index is 13.1. The Kier molecular flexibility index (Phi) is 3.98. The fourth-order valence-corrected chi connectivity index (χ4v) is 3.96. The molecule has 0 aliphatic carbocycles. The van der Waals surface area contributed by atoms with Gasteiger partial charge in [-0.05, 0) is 25.0 Å². The number of rotatable bonds is 2. The van der Waals surface area contributed by atoms with E-state index < -0.39 is 0 Å². The maximum atomic E-state index is 13.1. The lowest BCUT2D eigenvalue weighted by Gasteiger charge is -2.39. The summed E-state index contributed by atoms with van der Waals surface area (Å²) < 4.78 is 11.5. The van der Waals surface area contributed by atoms with Crippen LogP contribution in [0.15, 0.2) is 36.5 Å². The summed E-state index contributed by atoms with van der Waals surface area (Å²) in [6, 6.07) is 9.60. The van der Waals surface area contributed by atoms with Gasteiger partial charge in [0.25, 0.3) is 5.91 Å². The molecule has 1 aromatic heterocycles. The van der Waals surface area contributed by atoms with E-state index in [1.807, 2.05) is 35.2 Å². The highest BCUT2D eigenvalue weighted by molar-refractivity contribution is 6.06. The first kappa shape index (κ1) is 15.5. The molecule has 1 aromatic carbocycles. The lowest BCUT2D eigenvalue weighted by molar-refractivity contribution is -0.0458. The molecule has 0 saturated carbocycles. The highest BCUT2D eigenvalue weighted by Crippen LogP contribution is 2.36. The molecule has 0 bridgehead atoms. The van der Waals surface area contributed by atoms with Gasteiger partial charge in [0.05, 0.1) is 35.9 Å². The second-order valence-electron chi connectivity index (χ2n) is 6.76. The zero-order chi connectivity index (χ0) is 16.6. The van der Waals surface area contributed by atoms with Gasteiger partial charge in [-0.1, -0.05) is 18.2 Å². The zero-order valence-electron chi connectivity index (χ0n) is 13.9. The van der Waals surface area contributed by atoms with Crippen LogP contribution in [0.1, 0.15) is 29.6 Å². The van der Waals surface area contributed by atoms with Gasteiger partial charge in [0.2, 0.25) is 0 Å². The van der Waals surface area contributed by atoms with E-state index in [-0.39, 0.29) is 17.6 Å². The first-order valence-electron chi connectivity index (χ1n) is 8.51. The van der Waals surface area contributed by atoms with Gasteiger partial charge in [0, 0.05) is 31.7 Å². The normalized spacial score (nSPS) is 27.0. The number of carbonyl (C=O) groups is 1. The smallest absolute Gasteiger partial charge is 0.254 e. The summed E-state index contributed by atoms with van der Waals surface area (Å²) in [4.78, 5) is 19.4. The van der Waals surface area contributed by atoms with Crippen molar-refractivity contribution in [2.24, 2.45) is 0 Å². The van der Waals surface area contributed by atoms with E-state index >= 15 is 0 Å². The van der Waals surface area contributed by atoms with Gasteiger partial charge in [-0.3, -0.25) is 9.78 Å². The van der Waals surface area contributed by atoms with Crippen molar-refractivity contribution in [2.45, 2.75) is 31.0 Å². The Morgan fingerprint density at radius 1 is 1.38 bits per heavy atom. The van der Waals surface area contributed by atoms with Crippen LogP contribution < -0.4 is 0 Å². The first-order valence-corrected chi connectivity index (χ1v) is 8.51. The van der Waals surface area contributed by atoms with Crippen LogP contribution in [0.25, 0.3) is 10.9 Å².